The Bertz CT molecular complexity index is 463. The van der Waals surface area contributed by atoms with Crippen LogP contribution < -0.4 is 10.6 Å². The molecule has 0 spiro atoms. The lowest BCUT2D eigenvalue weighted by atomic mass is 10.2. The zero-order valence-electron chi connectivity index (χ0n) is 13.5. The number of carbonyl (C=O) groups excluding carboxylic acids is 1. The van der Waals surface area contributed by atoms with Crippen LogP contribution in [0.15, 0.2) is 16.4 Å². The number of nitrogens with zero attached hydrogens (tertiary/aromatic N) is 1. The minimum Gasteiger partial charge on any atom is -0.469 e. The maximum Gasteiger partial charge on any atom is 0.305 e. The van der Waals surface area contributed by atoms with Gasteiger partial charge in [-0.05, 0) is 36.8 Å². The number of carbonyl (C=O) groups is 1. The molecule has 0 aliphatic heterocycles. The maximum atomic E-state index is 11.0. The van der Waals surface area contributed by atoms with E-state index in [1.165, 1.54) is 17.6 Å². The summed E-state index contributed by atoms with van der Waals surface area (Å²) in [6.07, 6.45) is 3.38. The van der Waals surface area contributed by atoms with Crippen LogP contribution in [0.1, 0.15) is 36.1 Å². The summed E-state index contributed by atoms with van der Waals surface area (Å²) >= 11 is 1.75. The highest BCUT2D eigenvalue weighted by atomic mass is 127. The standard InChI is InChI=1S/C15H25N3O2S.HI/c1-12-8-10-21-13(12)11-18-15(16-2)17-9-6-4-5-7-14(19)20-3;/h8,10H,4-7,9,11H2,1-3H3,(H2,16,17,18);1H. The fourth-order valence-electron chi connectivity index (χ4n) is 1.85. The Hall–Kier alpha value is -0.830. The van der Waals surface area contributed by atoms with E-state index in [0.29, 0.717) is 6.42 Å². The number of thiophene rings is 1. The van der Waals surface area contributed by atoms with Crippen molar-refractivity contribution in [1.82, 2.24) is 10.6 Å². The van der Waals surface area contributed by atoms with Gasteiger partial charge in [-0.3, -0.25) is 9.79 Å². The summed E-state index contributed by atoms with van der Waals surface area (Å²) in [5.41, 5.74) is 1.31. The van der Waals surface area contributed by atoms with Gasteiger partial charge in [0.15, 0.2) is 5.96 Å². The topological polar surface area (TPSA) is 62.7 Å². The normalized spacial score (nSPS) is 10.8. The molecule has 1 heterocycles. The molecule has 22 heavy (non-hydrogen) atoms. The van der Waals surface area contributed by atoms with Crippen LogP contribution in [0.3, 0.4) is 0 Å². The van der Waals surface area contributed by atoms with E-state index < -0.39 is 0 Å². The number of ether oxygens (including phenoxy) is 1. The second kappa shape index (κ2) is 12.7. The molecular formula is C15H26IN3O2S. The SMILES string of the molecule is CN=C(NCCCCCC(=O)OC)NCc1sccc1C.I. The third-order valence-corrected chi connectivity index (χ3v) is 4.21. The zero-order valence-corrected chi connectivity index (χ0v) is 16.6. The van der Waals surface area contributed by atoms with Gasteiger partial charge in [0.25, 0.3) is 0 Å². The van der Waals surface area contributed by atoms with Crippen LogP contribution in [-0.2, 0) is 16.1 Å². The number of halogens is 1. The molecular weight excluding hydrogens is 413 g/mol. The Morgan fingerprint density at radius 2 is 2.09 bits per heavy atom. The van der Waals surface area contributed by atoms with Gasteiger partial charge in [-0.1, -0.05) is 6.42 Å². The van der Waals surface area contributed by atoms with E-state index in [1.807, 2.05) is 0 Å². The number of unbranched alkanes of at least 4 members (excludes halogenated alkanes) is 2. The number of hydrogen-bond donors (Lipinski definition) is 2. The van der Waals surface area contributed by atoms with Gasteiger partial charge in [-0.15, -0.1) is 35.3 Å². The van der Waals surface area contributed by atoms with Gasteiger partial charge in [-0.25, -0.2) is 0 Å². The predicted molar refractivity (Wildman–Crippen MR) is 103 cm³/mol. The monoisotopic (exact) mass is 439 g/mol. The molecule has 1 aromatic rings. The van der Waals surface area contributed by atoms with Crippen molar-refractivity contribution in [2.45, 2.75) is 39.2 Å². The van der Waals surface area contributed by atoms with Crippen LogP contribution in [0, 0.1) is 6.92 Å². The van der Waals surface area contributed by atoms with Crippen molar-refractivity contribution in [3.05, 3.63) is 21.9 Å². The summed E-state index contributed by atoms with van der Waals surface area (Å²) < 4.78 is 4.61. The third-order valence-electron chi connectivity index (χ3n) is 3.19. The molecule has 0 aliphatic carbocycles. The largest absolute Gasteiger partial charge is 0.469 e. The van der Waals surface area contributed by atoms with Crippen LogP contribution in [-0.4, -0.2) is 32.6 Å². The van der Waals surface area contributed by atoms with Crippen molar-refractivity contribution in [2.24, 2.45) is 4.99 Å². The molecule has 2 N–H and O–H groups in total. The molecule has 0 fully saturated rings. The Kier molecular flexibility index (Phi) is 12.2. The van der Waals surface area contributed by atoms with Crippen LogP contribution >= 0.6 is 35.3 Å². The third kappa shape index (κ3) is 8.57. The van der Waals surface area contributed by atoms with E-state index in [-0.39, 0.29) is 29.9 Å². The molecule has 0 aromatic carbocycles. The minimum absolute atomic E-state index is 0. The fraction of sp³-hybridized carbons (Fsp3) is 0.600. The summed E-state index contributed by atoms with van der Waals surface area (Å²) in [5.74, 6) is 0.683. The number of rotatable bonds is 8. The smallest absolute Gasteiger partial charge is 0.305 e. The molecule has 0 saturated heterocycles. The molecule has 0 saturated carbocycles. The van der Waals surface area contributed by atoms with Crippen molar-refractivity contribution in [3.8, 4) is 0 Å². The summed E-state index contributed by atoms with van der Waals surface area (Å²) in [7, 11) is 3.20. The Labute approximate surface area is 154 Å². The summed E-state index contributed by atoms with van der Waals surface area (Å²) in [5, 5.41) is 8.69. The van der Waals surface area contributed by atoms with E-state index in [1.54, 1.807) is 18.4 Å². The molecule has 0 radical (unpaired) electrons. The number of hydrogen-bond acceptors (Lipinski definition) is 4. The van der Waals surface area contributed by atoms with Gasteiger partial charge >= 0.3 is 5.97 Å². The van der Waals surface area contributed by atoms with Gasteiger partial charge in [0.05, 0.1) is 13.7 Å². The summed E-state index contributed by atoms with van der Waals surface area (Å²) in [6.45, 7) is 3.76. The Morgan fingerprint density at radius 3 is 2.68 bits per heavy atom. The molecule has 0 bridgehead atoms. The first-order valence-corrected chi connectivity index (χ1v) is 8.09. The average Bonchev–Trinajstić information content (AvgIpc) is 2.90. The van der Waals surface area contributed by atoms with Crippen LogP contribution in [0.2, 0.25) is 0 Å². The highest BCUT2D eigenvalue weighted by Gasteiger charge is 2.02. The lowest BCUT2D eigenvalue weighted by molar-refractivity contribution is -0.140. The van der Waals surface area contributed by atoms with Crippen molar-refractivity contribution < 1.29 is 9.53 Å². The van der Waals surface area contributed by atoms with E-state index in [9.17, 15) is 4.79 Å². The van der Waals surface area contributed by atoms with Crippen LogP contribution in [0.25, 0.3) is 0 Å². The predicted octanol–water partition coefficient (Wildman–Crippen LogP) is 3.07. The second-order valence-electron chi connectivity index (χ2n) is 4.77. The number of guanidine groups is 1. The first-order chi connectivity index (χ1) is 10.2. The summed E-state index contributed by atoms with van der Waals surface area (Å²) in [6, 6.07) is 2.12. The van der Waals surface area contributed by atoms with Crippen molar-refractivity contribution in [2.75, 3.05) is 20.7 Å². The Morgan fingerprint density at radius 1 is 1.32 bits per heavy atom. The zero-order chi connectivity index (χ0) is 15.5. The highest BCUT2D eigenvalue weighted by molar-refractivity contribution is 14.0. The molecule has 1 rings (SSSR count). The lowest BCUT2D eigenvalue weighted by Crippen LogP contribution is -2.37. The molecule has 0 amide bonds. The van der Waals surface area contributed by atoms with Crippen molar-refractivity contribution in [1.29, 1.82) is 0 Å². The summed E-state index contributed by atoms with van der Waals surface area (Å²) in [4.78, 5) is 16.5. The Balaban J connectivity index is 0.00000441. The minimum atomic E-state index is -0.133. The quantitative estimate of drug-likeness (QED) is 0.215. The number of nitrogens with one attached hydrogen (secondary N) is 2. The second-order valence-corrected chi connectivity index (χ2v) is 5.77. The number of aliphatic imine (C=N–C) groups is 1. The van der Waals surface area contributed by atoms with Crippen molar-refractivity contribution in [3.63, 3.8) is 0 Å². The molecule has 7 heteroatoms. The van der Waals surface area contributed by atoms with Crippen LogP contribution in [0.5, 0.6) is 0 Å². The molecule has 126 valence electrons. The average molecular weight is 439 g/mol. The van der Waals surface area contributed by atoms with Gasteiger partial charge < -0.3 is 15.4 Å². The van der Waals surface area contributed by atoms with E-state index in [0.717, 1.165) is 38.3 Å². The molecule has 5 nitrogen and oxygen atoms in total. The fourth-order valence-corrected chi connectivity index (χ4v) is 2.70. The van der Waals surface area contributed by atoms with E-state index >= 15 is 0 Å². The molecule has 0 aliphatic rings. The van der Waals surface area contributed by atoms with Gasteiger partial charge in [0.1, 0.15) is 0 Å². The lowest BCUT2D eigenvalue weighted by Gasteiger charge is -2.11. The highest BCUT2D eigenvalue weighted by Crippen LogP contribution is 2.14. The maximum absolute atomic E-state index is 11.0. The molecule has 0 atom stereocenters. The molecule has 0 unspecified atom stereocenters. The van der Waals surface area contributed by atoms with Gasteiger partial charge in [-0.2, -0.15) is 0 Å². The van der Waals surface area contributed by atoms with Crippen LogP contribution in [0.4, 0.5) is 0 Å². The van der Waals surface area contributed by atoms with Gasteiger partial charge in [0.2, 0.25) is 0 Å². The number of esters is 1. The first-order valence-electron chi connectivity index (χ1n) is 7.21. The number of methoxy groups -OCH3 is 1. The first kappa shape index (κ1) is 21.2. The molecule has 1 aromatic heterocycles. The van der Waals surface area contributed by atoms with Crippen molar-refractivity contribution >= 4 is 47.2 Å². The van der Waals surface area contributed by atoms with E-state index in [2.05, 4.69) is 38.7 Å². The van der Waals surface area contributed by atoms with Gasteiger partial charge in [0, 0.05) is 24.9 Å². The van der Waals surface area contributed by atoms with E-state index in [4.69, 9.17) is 0 Å². The number of aryl methyl sites for hydroxylation is 1.